The standard InChI is InChI=1S/C12H19N3O2/c1-3-15-5-4-13-11(12(15)17)14(2)8-9-6-10(16)7-9/h4-5,9-10,16H,3,6-8H2,1-2H3. The largest absolute Gasteiger partial charge is 0.393 e. The second-order valence-corrected chi connectivity index (χ2v) is 4.71. The molecule has 0 saturated heterocycles. The van der Waals surface area contributed by atoms with E-state index < -0.39 is 0 Å². The van der Waals surface area contributed by atoms with Crippen molar-refractivity contribution >= 4 is 5.82 Å². The van der Waals surface area contributed by atoms with Crippen molar-refractivity contribution in [1.82, 2.24) is 9.55 Å². The van der Waals surface area contributed by atoms with Crippen molar-refractivity contribution in [3.05, 3.63) is 22.7 Å². The van der Waals surface area contributed by atoms with Crippen molar-refractivity contribution in [2.24, 2.45) is 5.92 Å². The molecule has 1 aromatic rings. The van der Waals surface area contributed by atoms with Gasteiger partial charge in [0.2, 0.25) is 0 Å². The number of aliphatic hydroxyl groups excluding tert-OH is 1. The molecule has 0 aromatic carbocycles. The van der Waals surface area contributed by atoms with Crippen LogP contribution in [0.5, 0.6) is 0 Å². The number of aliphatic hydroxyl groups is 1. The first-order valence-electron chi connectivity index (χ1n) is 6.06. The summed E-state index contributed by atoms with van der Waals surface area (Å²) in [6.07, 6.45) is 4.88. The van der Waals surface area contributed by atoms with Gasteiger partial charge in [0.1, 0.15) is 0 Å². The Kier molecular flexibility index (Phi) is 3.47. The Hall–Kier alpha value is -1.36. The number of aromatic nitrogens is 2. The lowest BCUT2D eigenvalue weighted by Gasteiger charge is -2.34. The van der Waals surface area contributed by atoms with Gasteiger partial charge in [-0.3, -0.25) is 4.79 Å². The molecule has 0 unspecified atom stereocenters. The SMILES string of the molecule is CCn1ccnc(N(C)CC2CC(O)C2)c1=O. The summed E-state index contributed by atoms with van der Waals surface area (Å²) in [5.41, 5.74) is -0.0441. The molecular formula is C12H19N3O2. The molecule has 1 heterocycles. The van der Waals surface area contributed by atoms with Gasteiger partial charge in [-0.15, -0.1) is 0 Å². The van der Waals surface area contributed by atoms with Gasteiger partial charge in [-0.1, -0.05) is 0 Å². The van der Waals surface area contributed by atoms with Crippen LogP contribution in [-0.4, -0.2) is 34.4 Å². The first-order chi connectivity index (χ1) is 8.11. The summed E-state index contributed by atoms with van der Waals surface area (Å²) in [5.74, 6) is 0.974. The molecule has 0 aliphatic heterocycles. The number of hydrogen-bond donors (Lipinski definition) is 1. The van der Waals surface area contributed by atoms with Gasteiger partial charge in [0.15, 0.2) is 5.82 Å². The number of rotatable bonds is 4. The Morgan fingerprint density at radius 1 is 1.59 bits per heavy atom. The van der Waals surface area contributed by atoms with Crippen molar-refractivity contribution in [3.8, 4) is 0 Å². The maximum atomic E-state index is 12.0. The quantitative estimate of drug-likeness (QED) is 0.827. The van der Waals surface area contributed by atoms with E-state index in [0.717, 1.165) is 19.4 Å². The van der Waals surface area contributed by atoms with E-state index >= 15 is 0 Å². The van der Waals surface area contributed by atoms with Crippen molar-refractivity contribution in [2.75, 3.05) is 18.5 Å². The smallest absolute Gasteiger partial charge is 0.293 e. The van der Waals surface area contributed by atoms with Gasteiger partial charge in [0, 0.05) is 32.5 Å². The van der Waals surface area contributed by atoms with E-state index in [0.29, 0.717) is 18.3 Å². The lowest BCUT2D eigenvalue weighted by atomic mass is 9.82. The number of hydrogen-bond acceptors (Lipinski definition) is 4. The van der Waals surface area contributed by atoms with Crippen LogP contribution in [0.4, 0.5) is 5.82 Å². The zero-order chi connectivity index (χ0) is 12.4. The topological polar surface area (TPSA) is 58.4 Å². The molecule has 5 nitrogen and oxygen atoms in total. The zero-order valence-electron chi connectivity index (χ0n) is 10.3. The monoisotopic (exact) mass is 237 g/mol. The second-order valence-electron chi connectivity index (χ2n) is 4.71. The molecule has 1 saturated carbocycles. The molecule has 1 aliphatic carbocycles. The van der Waals surface area contributed by atoms with Crippen LogP contribution in [0.2, 0.25) is 0 Å². The molecule has 0 spiro atoms. The highest BCUT2D eigenvalue weighted by molar-refractivity contribution is 5.34. The van der Waals surface area contributed by atoms with Crippen LogP contribution in [0.15, 0.2) is 17.2 Å². The molecule has 0 bridgehead atoms. The second kappa shape index (κ2) is 4.87. The van der Waals surface area contributed by atoms with E-state index in [9.17, 15) is 9.90 Å². The van der Waals surface area contributed by atoms with Crippen molar-refractivity contribution < 1.29 is 5.11 Å². The van der Waals surface area contributed by atoms with Gasteiger partial charge in [-0.2, -0.15) is 0 Å². The van der Waals surface area contributed by atoms with Gasteiger partial charge in [-0.25, -0.2) is 4.98 Å². The minimum Gasteiger partial charge on any atom is -0.393 e. The highest BCUT2D eigenvalue weighted by Gasteiger charge is 2.28. The summed E-state index contributed by atoms with van der Waals surface area (Å²) < 4.78 is 1.65. The summed E-state index contributed by atoms with van der Waals surface area (Å²) in [6, 6.07) is 0. The van der Waals surface area contributed by atoms with Crippen LogP contribution in [0.1, 0.15) is 19.8 Å². The molecule has 1 fully saturated rings. The average Bonchev–Trinajstić information content (AvgIpc) is 2.27. The molecule has 0 amide bonds. The fourth-order valence-corrected chi connectivity index (χ4v) is 2.27. The summed E-state index contributed by atoms with van der Waals surface area (Å²) in [7, 11) is 1.88. The average molecular weight is 237 g/mol. The third-order valence-electron chi connectivity index (χ3n) is 3.34. The minimum absolute atomic E-state index is 0.0441. The van der Waals surface area contributed by atoms with E-state index in [1.165, 1.54) is 0 Å². The van der Waals surface area contributed by atoms with E-state index in [1.54, 1.807) is 17.0 Å². The van der Waals surface area contributed by atoms with Gasteiger partial charge < -0.3 is 14.6 Å². The van der Waals surface area contributed by atoms with Gasteiger partial charge in [-0.05, 0) is 25.7 Å². The summed E-state index contributed by atoms with van der Waals surface area (Å²) in [4.78, 5) is 18.0. The Labute approximate surface area is 101 Å². The molecule has 2 rings (SSSR count). The molecular weight excluding hydrogens is 218 g/mol. The van der Waals surface area contributed by atoms with Crippen molar-refractivity contribution in [1.29, 1.82) is 0 Å². The number of anilines is 1. The first-order valence-corrected chi connectivity index (χ1v) is 6.06. The number of aryl methyl sites for hydroxylation is 1. The Bertz CT molecular complexity index is 438. The van der Waals surface area contributed by atoms with E-state index in [-0.39, 0.29) is 11.7 Å². The molecule has 94 valence electrons. The summed E-state index contributed by atoms with van der Waals surface area (Å²) in [6.45, 7) is 3.38. The lowest BCUT2D eigenvalue weighted by molar-refractivity contribution is 0.0464. The normalized spacial score (nSPS) is 23.2. The maximum absolute atomic E-state index is 12.0. The number of nitrogens with zero attached hydrogens (tertiary/aromatic N) is 3. The van der Waals surface area contributed by atoms with Crippen LogP contribution in [0.25, 0.3) is 0 Å². The highest BCUT2D eigenvalue weighted by Crippen LogP contribution is 2.28. The Balaban J connectivity index is 2.08. The first kappa shape index (κ1) is 12.1. The van der Waals surface area contributed by atoms with Crippen LogP contribution < -0.4 is 10.5 Å². The third kappa shape index (κ3) is 2.49. The molecule has 17 heavy (non-hydrogen) atoms. The Morgan fingerprint density at radius 3 is 2.88 bits per heavy atom. The molecule has 1 N–H and O–H groups in total. The molecule has 0 atom stereocenters. The predicted octanol–water partition coefficient (Wildman–Crippen LogP) is 0.470. The third-order valence-corrected chi connectivity index (χ3v) is 3.34. The van der Waals surface area contributed by atoms with Crippen LogP contribution in [-0.2, 0) is 6.54 Å². The predicted molar refractivity (Wildman–Crippen MR) is 66.2 cm³/mol. The molecule has 1 aliphatic rings. The zero-order valence-corrected chi connectivity index (χ0v) is 10.3. The van der Waals surface area contributed by atoms with E-state index in [2.05, 4.69) is 4.98 Å². The highest BCUT2D eigenvalue weighted by atomic mass is 16.3. The van der Waals surface area contributed by atoms with Gasteiger partial charge >= 0.3 is 0 Å². The summed E-state index contributed by atoms with van der Waals surface area (Å²) in [5, 5.41) is 9.24. The Morgan fingerprint density at radius 2 is 2.29 bits per heavy atom. The van der Waals surface area contributed by atoms with Crippen LogP contribution >= 0.6 is 0 Å². The fraction of sp³-hybridized carbons (Fsp3) is 0.667. The van der Waals surface area contributed by atoms with E-state index in [1.807, 2.05) is 18.9 Å². The summed E-state index contributed by atoms with van der Waals surface area (Å²) >= 11 is 0. The minimum atomic E-state index is -0.149. The van der Waals surface area contributed by atoms with Crippen molar-refractivity contribution in [2.45, 2.75) is 32.4 Å². The maximum Gasteiger partial charge on any atom is 0.293 e. The van der Waals surface area contributed by atoms with Gasteiger partial charge in [0.05, 0.1) is 6.10 Å². The van der Waals surface area contributed by atoms with E-state index in [4.69, 9.17) is 0 Å². The van der Waals surface area contributed by atoms with Crippen molar-refractivity contribution in [3.63, 3.8) is 0 Å². The molecule has 0 radical (unpaired) electrons. The molecule has 5 heteroatoms. The lowest BCUT2D eigenvalue weighted by Crippen LogP contribution is -2.39. The molecule has 1 aromatic heterocycles. The van der Waals surface area contributed by atoms with Crippen LogP contribution in [0, 0.1) is 5.92 Å². The fourth-order valence-electron chi connectivity index (χ4n) is 2.27. The van der Waals surface area contributed by atoms with Crippen LogP contribution in [0.3, 0.4) is 0 Å². The van der Waals surface area contributed by atoms with Gasteiger partial charge in [0.25, 0.3) is 5.56 Å².